The Bertz CT molecular complexity index is 128. The smallest absolute Gasteiger partial charge is 0.157 e. The molecule has 0 aromatic carbocycles. The zero-order valence-corrected chi connectivity index (χ0v) is 4.83. The highest BCUT2D eigenvalue weighted by atomic mass is 16.7. The van der Waals surface area contributed by atoms with Crippen molar-refractivity contribution in [1.82, 2.24) is 5.43 Å². The van der Waals surface area contributed by atoms with Gasteiger partial charge in [0, 0.05) is 6.42 Å². The molecule has 0 radical (unpaired) electrons. The van der Waals surface area contributed by atoms with Gasteiger partial charge in [0.2, 0.25) is 0 Å². The van der Waals surface area contributed by atoms with Crippen molar-refractivity contribution >= 4 is 0 Å². The Morgan fingerprint density at radius 1 is 1.78 bits per heavy atom. The van der Waals surface area contributed by atoms with E-state index < -0.39 is 5.03 Å². The maximum absolute atomic E-state index is 9.57. The van der Waals surface area contributed by atoms with Crippen LogP contribution in [0.15, 0.2) is 0 Å². The van der Waals surface area contributed by atoms with Gasteiger partial charge in [-0.15, -0.1) is 5.43 Å². The molecule has 0 aromatic heterocycles. The Hall–Kier alpha value is -1.31. The minimum atomic E-state index is -0.614. The molecule has 0 unspecified atom stereocenters. The molecule has 0 amide bonds. The van der Waals surface area contributed by atoms with Crippen molar-refractivity contribution in [2.75, 3.05) is 6.54 Å². The highest BCUT2D eigenvalue weighted by molar-refractivity contribution is 4.67. The zero-order chi connectivity index (χ0) is 7.11. The minimum Gasteiger partial charge on any atom is -0.235 e. The lowest BCUT2D eigenvalue weighted by molar-refractivity contribution is -0.544. The molecule has 0 spiro atoms. The Balaban J connectivity index is 2.94. The van der Waals surface area contributed by atoms with Crippen LogP contribution in [0.1, 0.15) is 12.8 Å². The van der Waals surface area contributed by atoms with E-state index in [9.17, 15) is 10.1 Å². The van der Waals surface area contributed by atoms with E-state index in [1.54, 1.807) is 0 Å². The molecule has 0 aliphatic carbocycles. The highest BCUT2D eigenvalue weighted by Gasteiger charge is 1.90. The molecule has 0 rings (SSSR count). The van der Waals surface area contributed by atoms with Gasteiger partial charge in [0.25, 0.3) is 0 Å². The molecular formula is C4H7N3O2. The minimum absolute atomic E-state index is 0.264. The van der Waals surface area contributed by atoms with E-state index in [4.69, 9.17) is 5.26 Å². The molecule has 0 aliphatic heterocycles. The standard InChI is InChI=1S/C4H7N3O2/c5-3-1-2-4-6-7(8)9/h6H,1-2,4H2. The third-order valence-corrected chi connectivity index (χ3v) is 0.706. The Morgan fingerprint density at radius 2 is 2.44 bits per heavy atom. The topological polar surface area (TPSA) is 79.0 Å². The number of nitrogens with one attached hydrogen (secondary N) is 1. The van der Waals surface area contributed by atoms with Crippen molar-refractivity contribution in [3.63, 3.8) is 0 Å². The largest absolute Gasteiger partial charge is 0.235 e. The van der Waals surface area contributed by atoms with Crippen LogP contribution in [0, 0.1) is 21.4 Å². The molecule has 0 fully saturated rings. The molecule has 0 aromatic rings. The molecule has 9 heavy (non-hydrogen) atoms. The van der Waals surface area contributed by atoms with Gasteiger partial charge in [0.05, 0.1) is 12.6 Å². The first-order valence-electron chi connectivity index (χ1n) is 2.52. The maximum atomic E-state index is 9.57. The summed E-state index contributed by atoms with van der Waals surface area (Å²) in [5, 5.41) is 16.9. The van der Waals surface area contributed by atoms with Gasteiger partial charge >= 0.3 is 0 Å². The number of nitriles is 1. The molecule has 5 nitrogen and oxygen atoms in total. The van der Waals surface area contributed by atoms with E-state index in [2.05, 4.69) is 0 Å². The van der Waals surface area contributed by atoms with Gasteiger partial charge in [-0.1, -0.05) is 0 Å². The first kappa shape index (κ1) is 7.69. The summed E-state index contributed by atoms with van der Waals surface area (Å²) >= 11 is 0. The summed E-state index contributed by atoms with van der Waals surface area (Å²) in [6.45, 7) is 0.264. The van der Waals surface area contributed by atoms with E-state index in [-0.39, 0.29) is 6.54 Å². The highest BCUT2D eigenvalue weighted by Crippen LogP contribution is 1.81. The van der Waals surface area contributed by atoms with Gasteiger partial charge in [-0.05, 0) is 6.42 Å². The van der Waals surface area contributed by atoms with Gasteiger partial charge in [0.15, 0.2) is 5.03 Å². The van der Waals surface area contributed by atoms with E-state index in [1.807, 2.05) is 11.5 Å². The second-order valence-electron chi connectivity index (χ2n) is 1.43. The van der Waals surface area contributed by atoms with E-state index >= 15 is 0 Å². The first-order chi connectivity index (χ1) is 4.27. The molecule has 0 heterocycles. The Morgan fingerprint density at radius 3 is 2.89 bits per heavy atom. The van der Waals surface area contributed by atoms with Crippen LogP contribution in [-0.2, 0) is 0 Å². The molecule has 0 aliphatic rings. The number of nitro groups is 1. The zero-order valence-electron chi connectivity index (χ0n) is 4.83. The summed E-state index contributed by atoms with van der Waals surface area (Å²) in [7, 11) is 0. The van der Waals surface area contributed by atoms with Crippen molar-refractivity contribution in [1.29, 1.82) is 5.26 Å². The number of rotatable bonds is 4. The van der Waals surface area contributed by atoms with Crippen molar-refractivity contribution < 1.29 is 5.03 Å². The van der Waals surface area contributed by atoms with E-state index in [0.717, 1.165) is 0 Å². The molecule has 0 saturated carbocycles. The summed E-state index contributed by atoms with van der Waals surface area (Å²) in [6, 6.07) is 1.88. The lowest BCUT2D eigenvalue weighted by Crippen LogP contribution is -2.22. The normalized spacial score (nSPS) is 7.89. The summed E-state index contributed by atoms with van der Waals surface area (Å²) < 4.78 is 0. The van der Waals surface area contributed by atoms with Gasteiger partial charge in [-0.2, -0.15) is 5.26 Å². The summed E-state index contributed by atoms with van der Waals surface area (Å²) in [5.74, 6) is 0. The third-order valence-electron chi connectivity index (χ3n) is 0.706. The Kier molecular flexibility index (Phi) is 4.14. The number of hydrogen-bond donors (Lipinski definition) is 1. The van der Waals surface area contributed by atoms with Crippen LogP contribution >= 0.6 is 0 Å². The van der Waals surface area contributed by atoms with Crippen LogP contribution in [-0.4, -0.2) is 11.6 Å². The van der Waals surface area contributed by atoms with Crippen LogP contribution in [0.5, 0.6) is 0 Å². The Labute approximate surface area is 52.4 Å². The van der Waals surface area contributed by atoms with Crippen molar-refractivity contribution in [2.45, 2.75) is 12.8 Å². The predicted molar refractivity (Wildman–Crippen MR) is 29.8 cm³/mol. The van der Waals surface area contributed by atoms with Crippen LogP contribution in [0.3, 0.4) is 0 Å². The molecule has 0 bridgehead atoms. The predicted octanol–water partition coefficient (Wildman–Crippen LogP) is 0.0715. The van der Waals surface area contributed by atoms with Crippen LogP contribution in [0.25, 0.3) is 0 Å². The fourth-order valence-electron chi connectivity index (χ4n) is 0.338. The van der Waals surface area contributed by atoms with Crippen molar-refractivity contribution in [3.05, 3.63) is 10.1 Å². The second-order valence-corrected chi connectivity index (χ2v) is 1.43. The summed E-state index contributed by atoms with van der Waals surface area (Å²) in [4.78, 5) is 9.57. The molecule has 50 valence electrons. The quantitative estimate of drug-likeness (QED) is 0.331. The van der Waals surface area contributed by atoms with Crippen LogP contribution in [0.4, 0.5) is 0 Å². The SMILES string of the molecule is N#CCCCN[N+](=O)[O-]. The fourth-order valence-corrected chi connectivity index (χ4v) is 0.338. The summed E-state index contributed by atoms with van der Waals surface area (Å²) in [5.41, 5.74) is 1.95. The average molecular weight is 129 g/mol. The van der Waals surface area contributed by atoms with Crippen molar-refractivity contribution in [2.24, 2.45) is 0 Å². The molecule has 1 N–H and O–H groups in total. The van der Waals surface area contributed by atoms with Gasteiger partial charge < -0.3 is 0 Å². The number of hydrogen-bond acceptors (Lipinski definition) is 3. The lowest BCUT2D eigenvalue weighted by atomic mass is 10.3. The van der Waals surface area contributed by atoms with Crippen LogP contribution < -0.4 is 5.43 Å². The monoisotopic (exact) mass is 129 g/mol. The number of nitrogens with zero attached hydrogens (tertiary/aromatic N) is 2. The molecular weight excluding hydrogens is 122 g/mol. The second kappa shape index (κ2) is 4.84. The maximum Gasteiger partial charge on any atom is 0.157 e. The van der Waals surface area contributed by atoms with E-state index in [0.29, 0.717) is 12.8 Å². The van der Waals surface area contributed by atoms with E-state index in [1.165, 1.54) is 0 Å². The molecule has 0 atom stereocenters. The van der Waals surface area contributed by atoms with Crippen molar-refractivity contribution in [3.8, 4) is 6.07 Å². The van der Waals surface area contributed by atoms with Gasteiger partial charge in [0.1, 0.15) is 0 Å². The van der Waals surface area contributed by atoms with Gasteiger partial charge in [-0.3, -0.25) is 0 Å². The molecule has 5 heteroatoms. The summed E-state index contributed by atoms with van der Waals surface area (Å²) in [6.07, 6.45) is 0.887. The van der Waals surface area contributed by atoms with Gasteiger partial charge in [-0.25, -0.2) is 10.1 Å². The number of unbranched alkanes of at least 4 members (excludes halogenated alkanes) is 1. The lowest BCUT2D eigenvalue weighted by Gasteiger charge is -1.90. The third kappa shape index (κ3) is 6.69. The molecule has 0 saturated heterocycles. The number of hydrazine groups is 1. The fraction of sp³-hybridized carbons (Fsp3) is 0.750. The average Bonchev–Trinajstić information content (AvgIpc) is 1.80. The first-order valence-corrected chi connectivity index (χ1v) is 2.52. The van der Waals surface area contributed by atoms with Crippen LogP contribution in [0.2, 0.25) is 0 Å².